The number of hydrazine groups is 1. The predicted molar refractivity (Wildman–Crippen MR) is 101 cm³/mol. The summed E-state index contributed by atoms with van der Waals surface area (Å²) in [7, 11) is 0. The maximum absolute atomic E-state index is 12.2. The van der Waals surface area contributed by atoms with Gasteiger partial charge in [-0.25, -0.2) is 4.68 Å². The minimum absolute atomic E-state index is 0.0677. The number of nitrogens with zero attached hydrogens (tertiary/aromatic N) is 2. The van der Waals surface area contributed by atoms with E-state index in [9.17, 15) is 14.4 Å². The van der Waals surface area contributed by atoms with Crippen LogP contribution in [0.15, 0.2) is 47.4 Å². The van der Waals surface area contributed by atoms with Gasteiger partial charge in [0.25, 0.3) is 11.5 Å². The van der Waals surface area contributed by atoms with Crippen LogP contribution in [0.3, 0.4) is 0 Å². The lowest BCUT2D eigenvalue weighted by Crippen LogP contribution is -2.43. The van der Waals surface area contributed by atoms with Crippen LogP contribution in [0.5, 0.6) is 0 Å². The number of para-hydroxylation sites is 1. The lowest BCUT2D eigenvalue weighted by atomic mass is 10.1. The Morgan fingerprint density at radius 2 is 1.96 bits per heavy atom. The van der Waals surface area contributed by atoms with Crippen molar-refractivity contribution in [1.82, 2.24) is 25.6 Å². The number of fused-ring (bicyclic) bond motifs is 1. The van der Waals surface area contributed by atoms with Crippen LogP contribution in [0, 0.1) is 0 Å². The van der Waals surface area contributed by atoms with Gasteiger partial charge in [0.05, 0.1) is 6.42 Å². The minimum atomic E-state index is -0.576. The number of aromatic nitrogens is 3. The van der Waals surface area contributed by atoms with Crippen LogP contribution in [0.1, 0.15) is 35.8 Å². The second kappa shape index (κ2) is 8.31. The first kappa shape index (κ1) is 18.4. The molecule has 1 aromatic carbocycles. The molecule has 0 aliphatic carbocycles. The average Bonchev–Trinajstić information content (AvgIpc) is 3.08. The normalized spacial score (nSPS) is 10.7. The summed E-state index contributed by atoms with van der Waals surface area (Å²) in [5, 5.41) is 5.00. The van der Waals surface area contributed by atoms with Gasteiger partial charge in [0, 0.05) is 29.7 Å². The van der Waals surface area contributed by atoms with Gasteiger partial charge in [0.15, 0.2) is 5.69 Å². The number of carbonyl (C=O) groups is 2. The molecule has 27 heavy (non-hydrogen) atoms. The fourth-order valence-corrected chi connectivity index (χ4v) is 2.72. The second-order valence-corrected chi connectivity index (χ2v) is 6.17. The molecule has 0 spiro atoms. The lowest BCUT2D eigenvalue weighted by molar-refractivity contribution is -0.121. The quantitative estimate of drug-likeness (QED) is 0.574. The maximum atomic E-state index is 12.2. The number of aromatic amines is 1. The Hall–Kier alpha value is -3.42. The molecule has 2 aromatic heterocycles. The van der Waals surface area contributed by atoms with E-state index >= 15 is 0 Å². The van der Waals surface area contributed by atoms with Gasteiger partial charge >= 0.3 is 0 Å². The largest absolute Gasteiger partial charge is 0.361 e. The van der Waals surface area contributed by atoms with Gasteiger partial charge in [-0.3, -0.25) is 25.2 Å². The van der Waals surface area contributed by atoms with E-state index in [0.29, 0.717) is 6.54 Å². The highest BCUT2D eigenvalue weighted by Gasteiger charge is 2.12. The summed E-state index contributed by atoms with van der Waals surface area (Å²) < 4.78 is 1.26. The molecule has 8 nitrogen and oxygen atoms in total. The minimum Gasteiger partial charge on any atom is -0.361 e. The number of hydrogen-bond acceptors (Lipinski definition) is 4. The number of hydrogen-bond donors (Lipinski definition) is 3. The summed E-state index contributed by atoms with van der Waals surface area (Å²) in [6.45, 7) is 2.45. The Balaban J connectivity index is 1.60. The summed E-state index contributed by atoms with van der Waals surface area (Å²) in [5.74, 6) is -0.931. The van der Waals surface area contributed by atoms with Crippen LogP contribution in [0.4, 0.5) is 0 Å². The monoisotopic (exact) mass is 367 g/mol. The number of aryl methyl sites for hydroxylation is 1. The van der Waals surface area contributed by atoms with Crippen LogP contribution in [-0.4, -0.2) is 26.6 Å². The number of amides is 2. The SMILES string of the molecule is CCCCn1nc(C(=O)NNC(=O)Cc2c[nH]c3ccccc23)ccc1=O. The van der Waals surface area contributed by atoms with Gasteiger partial charge in [0.2, 0.25) is 5.91 Å². The van der Waals surface area contributed by atoms with Crippen LogP contribution in [0.25, 0.3) is 10.9 Å². The van der Waals surface area contributed by atoms with Gasteiger partial charge in [0.1, 0.15) is 0 Å². The van der Waals surface area contributed by atoms with Crippen molar-refractivity contribution in [2.75, 3.05) is 0 Å². The molecule has 3 N–H and O–H groups in total. The highest BCUT2D eigenvalue weighted by atomic mass is 16.2. The predicted octanol–water partition coefficient (Wildman–Crippen LogP) is 1.53. The number of benzene rings is 1. The van der Waals surface area contributed by atoms with Gasteiger partial charge in [-0.15, -0.1) is 0 Å². The second-order valence-electron chi connectivity index (χ2n) is 6.17. The number of H-pyrrole nitrogens is 1. The fraction of sp³-hybridized carbons (Fsp3) is 0.263. The van der Waals surface area contributed by atoms with Gasteiger partial charge in [-0.05, 0) is 24.1 Å². The topological polar surface area (TPSA) is 109 Å². The summed E-state index contributed by atoms with van der Waals surface area (Å²) in [4.78, 5) is 39.2. The standard InChI is InChI=1S/C19H21N5O3/c1-2-3-10-24-18(26)9-8-16(23-24)19(27)22-21-17(25)11-13-12-20-15-7-5-4-6-14(13)15/h4-9,12,20H,2-3,10-11H2,1H3,(H,21,25)(H,22,27). The fourth-order valence-electron chi connectivity index (χ4n) is 2.72. The Morgan fingerprint density at radius 1 is 1.15 bits per heavy atom. The molecule has 0 saturated carbocycles. The molecular weight excluding hydrogens is 346 g/mol. The van der Waals surface area contributed by atoms with Crippen molar-refractivity contribution in [3.05, 3.63) is 64.2 Å². The third kappa shape index (κ3) is 4.41. The molecule has 0 aliphatic rings. The van der Waals surface area contributed by atoms with E-state index in [1.807, 2.05) is 31.2 Å². The molecule has 0 unspecified atom stereocenters. The number of nitrogens with one attached hydrogen (secondary N) is 3. The summed E-state index contributed by atoms with van der Waals surface area (Å²) in [5.41, 5.74) is 6.31. The van der Waals surface area contributed by atoms with E-state index in [-0.39, 0.29) is 23.6 Å². The van der Waals surface area contributed by atoms with E-state index in [0.717, 1.165) is 29.3 Å². The van der Waals surface area contributed by atoms with Crippen molar-refractivity contribution in [1.29, 1.82) is 0 Å². The Kier molecular flexibility index (Phi) is 5.65. The molecule has 0 bridgehead atoms. The highest BCUT2D eigenvalue weighted by molar-refractivity contribution is 5.94. The number of unbranched alkanes of at least 4 members (excludes halogenated alkanes) is 1. The molecule has 8 heteroatoms. The number of carbonyl (C=O) groups excluding carboxylic acids is 2. The molecule has 0 saturated heterocycles. The first-order valence-corrected chi connectivity index (χ1v) is 8.81. The zero-order chi connectivity index (χ0) is 19.2. The van der Waals surface area contributed by atoms with Crippen molar-refractivity contribution in [2.24, 2.45) is 0 Å². The van der Waals surface area contributed by atoms with Crippen LogP contribution < -0.4 is 16.4 Å². The van der Waals surface area contributed by atoms with Crippen molar-refractivity contribution < 1.29 is 9.59 Å². The van der Waals surface area contributed by atoms with E-state index in [1.54, 1.807) is 6.20 Å². The Bertz CT molecular complexity index is 1020. The van der Waals surface area contributed by atoms with E-state index in [1.165, 1.54) is 16.8 Å². The smallest absolute Gasteiger partial charge is 0.290 e. The molecule has 3 aromatic rings. The van der Waals surface area contributed by atoms with Gasteiger partial charge < -0.3 is 4.98 Å². The van der Waals surface area contributed by atoms with Gasteiger partial charge in [-0.2, -0.15) is 5.10 Å². The maximum Gasteiger partial charge on any atom is 0.290 e. The summed E-state index contributed by atoms with van der Waals surface area (Å²) >= 11 is 0. The van der Waals surface area contributed by atoms with E-state index < -0.39 is 5.91 Å². The Morgan fingerprint density at radius 3 is 2.78 bits per heavy atom. The first-order chi connectivity index (χ1) is 13.1. The summed E-state index contributed by atoms with van der Waals surface area (Å²) in [6, 6.07) is 10.3. The molecular formula is C19H21N5O3. The van der Waals surface area contributed by atoms with Crippen molar-refractivity contribution in [2.45, 2.75) is 32.7 Å². The molecule has 0 radical (unpaired) electrons. The molecule has 0 fully saturated rings. The molecule has 0 aliphatic heterocycles. The summed E-state index contributed by atoms with van der Waals surface area (Å²) in [6.07, 6.45) is 3.60. The lowest BCUT2D eigenvalue weighted by Gasteiger charge is -2.08. The molecule has 3 rings (SSSR count). The molecule has 0 atom stereocenters. The van der Waals surface area contributed by atoms with Gasteiger partial charge in [-0.1, -0.05) is 31.5 Å². The first-order valence-electron chi connectivity index (χ1n) is 8.81. The van der Waals surface area contributed by atoms with Crippen molar-refractivity contribution in [3.63, 3.8) is 0 Å². The van der Waals surface area contributed by atoms with Crippen molar-refractivity contribution in [3.8, 4) is 0 Å². The highest BCUT2D eigenvalue weighted by Crippen LogP contribution is 2.17. The zero-order valence-corrected chi connectivity index (χ0v) is 15.0. The van der Waals surface area contributed by atoms with Crippen LogP contribution >= 0.6 is 0 Å². The molecule has 2 amide bonds. The average molecular weight is 367 g/mol. The molecule has 2 heterocycles. The molecule has 140 valence electrons. The van der Waals surface area contributed by atoms with E-state index in [4.69, 9.17) is 0 Å². The Labute approximate surface area is 155 Å². The number of rotatable bonds is 6. The van der Waals surface area contributed by atoms with Crippen molar-refractivity contribution >= 4 is 22.7 Å². The van der Waals surface area contributed by atoms with Crippen LogP contribution in [0.2, 0.25) is 0 Å². The van der Waals surface area contributed by atoms with E-state index in [2.05, 4.69) is 20.9 Å². The van der Waals surface area contributed by atoms with Crippen LogP contribution in [-0.2, 0) is 17.8 Å². The third-order valence-electron chi connectivity index (χ3n) is 4.16. The third-order valence-corrected chi connectivity index (χ3v) is 4.16. The zero-order valence-electron chi connectivity index (χ0n) is 15.0.